The third kappa shape index (κ3) is 3.03. The molecule has 0 bridgehead atoms. The van der Waals surface area contributed by atoms with Crippen LogP contribution in [0.3, 0.4) is 0 Å². The first-order valence-corrected chi connectivity index (χ1v) is 8.34. The normalized spacial score (nSPS) is 15.8. The lowest BCUT2D eigenvalue weighted by molar-refractivity contribution is -0.121. The van der Waals surface area contributed by atoms with Crippen molar-refractivity contribution in [2.24, 2.45) is 0 Å². The summed E-state index contributed by atoms with van der Waals surface area (Å²) in [4.78, 5) is 12.2. The molecule has 1 aliphatic carbocycles. The Balaban J connectivity index is 1.81. The third-order valence-electron chi connectivity index (χ3n) is 4.74. The van der Waals surface area contributed by atoms with Gasteiger partial charge < -0.3 is 9.73 Å². The number of amides is 1. The van der Waals surface area contributed by atoms with E-state index in [0.717, 1.165) is 29.4 Å². The van der Waals surface area contributed by atoms with Gasteiger partial charge in [-0.2, -0.15) is 0 Å². The van der Waals surface area contributed by atoms with Crippen LogP contribution in [0.15, 0.2) is 22.8 Å². The maximum Gasteiger partial charge on any atom is 0.224 e. The van der Waals surface area contributed by atoms with E-state index in [1.54, 1.807) is 6.26 Å². The van der Waals surface area contributed by atoms with Gasteiger partial charge in [-0.3, -0.25) is 4.79 Å². The Kier molecular flexibility index (Phi) is 4.23. The number of fused-ring (bicyclic) bond motifs is 1. The number of rotatable bonds is 4. The van der Waals surface area contributed by atoms with Crippen LogP contribution in [-0.2, 0) is 11.2 Å². The summed E-state index contributed by atoms with van der Waals surface area (Å²) in [7, 11) is 0. The van der Waals surface area contributed by atoms with Gasteiger partial charge in [0.25, 0.3) is 0 Å². The number of nitrogens with one attached hydrogen (secondary N) is 1. The second-order valence-corrected chi connectivity index (χ2v) is 6.85. The Labute approximate surface area is 132 Å². The van der Waals surface area contributed by atoms with Crippen molar-refractivity contribution in [1.82, 2.24) is 5.32 Å². The van der Waals surface area contributed by atoms with Crippen molar-refractivity contribution in [2.45, 2.75) is 64.8 Å². The Morgan fingerprint density at radius 1 is 1.32 bits per heavy atom. The molecule has 1 N–H and O–H groups in total. The van der Waals surface area contributed by atoms with Crippen LogP contribution in [0.5, 0.6) is 0 Å². The fraction of sp³-hybridized carbons (Fsp3) is 0.526. The molecule has 3 rings (SSSR count). The highest BCUT2D eigenvalue weighted by atomic mass is 16.3. The predicted octanol–water partition coefficient (Wildman–Crippen LogP) is 4.47. The molecule has 118 valence electrons. The first kappa shape index (κ1) is 15.1. The summed E-state index contributed by atoms with van der Waals surface area (Å²) >= 11 is 0. The second kappa shape index (κ2) is 6.15. The quantitative estimate of drug-likeness (QED) is 0.905. The Hall–Kier alpha value is -1.77. The number of aryl methyl sites for hydroxylation is 1. The summed E-state index contributed by atoms with van der Waals surface area (Å²) in [5.41, 5.74) is 4.45. The van der Waals surface area contributed by atoms with E-state index in [0.29, 0.717) is 18.4 Å². The van der Waals surface area contributed by atoms with Gasteiger partial charge in [-0.1, -0.05) is 26.7 Å². The van der Waals surface area contributed by atoms with Crippen molar-refractivity contribution in [2.75, 3.05) is 0 Å². The lowest BCUT2D eigenvalue weighted by Gasteiger charge is -2.12. The van der Waals surface area contributed by atoms with Crippen LogP contribution < -0.4 is 5.32 Å². The van der Waals surface area contributed by atoms with Crippen LogP contribution in [-0.4, -0.2) is 11.9 Å². The predicted molar refractivity (Wildman–Crippen MR) is 89.1 cm³/mol. The van der Waals surface area contributed by atoms with E-state index in [1.807, 2.05) is 0 Å². The molecule has 0 unspecified atom stereocenters. The molecule has 3 nitrogen and oxygen atoms in total. The summed E-state index contributed by atoms with van der Waals surface area (Å²) in [5.74, 6) is 0.584. The lowest BCUT2D eigenvalue weighted by Crippen LogP contribution is -2.33. The topological polar surface area (TPSA) is 42.2 Å². The van der Waals surface area contributed by atoms with Gasteiger partial charge in [0.15, 0.2) is 0 Å². The smallest absolute Gasteiger partial charge is 0.224 e. The molecule has 0 saturated heterocycles. The molecule has 1 aromatic carbocycles. The Morgan fingerprint density at radius 3 is 2.73 bits per heavy atom. The molecule has 1 aliphatic rings. The molecule has 1 amide bonds. The molecule has 0 atom stereocenters. The van der Waals surface area contributed by atoms with E-state index in [2.05, 4.69) is 38.2 Å². The van der Waals surface area contributed by atoms with Crippen molar-refractivity contribution in [1.29, 1.82) is 0 Å². The Bertz CT molecular complexity index is 678. The SMILES string of the molecule is Cc1cc2occ(CC(=O)NC3CCCC3)c2cc1C(C)C. The van der Waals surface area contributed by atoms with E-state index >= 15 is 0 Å². The molecular formula is C19H25NO2. The number of carbonyl (C=O) groups is 1. The fourth-order valence-electron chi connectivity index (χ4n) is 3.53. The minimum atomic E-state index is 0.112. The van der Waals surface area contributed by atoms with Crippen LogP contribution in [0.25, 0.3) is 11.0 Å². The molecule has 0 radical (unpaired) electrons. The molecular weight excluding hydrogens is 274 g/mol. The average molecular weight is 299 g/mol. The van der Waals surface area contributed by atoms with E-state index in [9.17, 15) is 4.79 Å². The van der Waals surface area contributed by atoms with Gasteiger partial charge in [-0.15, -0.1) is 0 Å². The third-order valence-corrected chi connectivity index (χ3v) is 4.74. The largest absolute Gasteiger partial charge is 0.464 e. The van der Waals surface area contributed by atoms with Gasteiger partial charge >= 0.3 is 0 Å². The zero-order valence-corrected chi connectivity index (χ0v) is 13.7. The molecule has 22 heavy (non-hydrogen) atoms. The highest BCUT2D eigenvalue weighted by molar-refractivity contribution is 5.88. The highest BCUT2D eigenvalue weighted by Gasteiger charge is 2.19. The molecule has 1 heterocycles. The maximum atomic E-state index is 12.2. The number of benzene rings is 1. The monoisotopic (exact) mass is 299 g/mol. The molecule has 3 heteroatoms. The minimum Gasteiger partial charge on any atom is -0.464 e. The summed E-state index contributed by atoms with van der Waals surface area (Å²) in [5, 5.41) is 4.23. The molecule has 1 saturated carbocycles. The molecule has 2 aromatic rings. The summed E-state index contributed by atoms with van der Waals surface area (Å²) < 4.78 is 5.66. The average Bonchev–Trinajstić information content (AvgIpc) is 3.08. The lowest BCUT2D eigenvalue weighted by atomic mass is 9.95. The minimum absolute atomic E-state index is 0.112. The van der Waals surface area contributed by atoms with Crippen molar-refractivity contribution >= 4 is 16.9 Å². The van der Waals surface area contributed by atoms with Gasteiger partial charge in [-0.25, -0.2) is 0 Å². The van der Waals surface area contributed by atoms with Crippen molar-refractivity contribution in [3.63, 3.8) is 0 Å². The summed E-state index contributed by atoms with van der Waals surface area (Å²) in [6, 6.07) is 4.65. The number of hydrogen-bond acceptors (Lipinski definition) is 2. The first-order valence-electron chi connectivity index (χ1n) is 8.34. The number of hydrogen-bond donors (Lipinski definition) is 1. The van der Waals surface area contributed by atoms with Crippen LogP contribution >= 0.6 is 0 Å². The Morgan fingerprint density at radius 2 is 2.05 bits per heavy atom. The van der Waals surface area contributed by atoms with Crippen molar-refractivity contribution < 1.29 is 9.21 Å². The van der Waals surface area contributed by atoms with Crippen molar-refractivity contribution in [3.05, 3.63) is 35.1 Å². The standard InChI is InChI=1S/C19H25NO2/c1-12(2)16-10-17-14(11-22-18(17)8-13(16)3)9-19(21)20-15-6-4-5-7-15/h8,10-12,15H,4-7,9H2,1-3H3,(H,20,21). The van der Waals surface area contributed by atoms with Gasteiger partial charge in [0, 0.05) is 17.0 Å². The van der Waals surface area contributed by atoms with Crippen LogP contribution in [0.4, 0.5) is 0 Å². The maximum absolute atomic E-state index is 12.2. The van der Waals surface area contributed by atoms with E-state index in [4.69, 9.17) is 4.42 Å². The van der Waals surface area contributed by atoms with Gasteiger partial charge in [-0.05, 0) is 48.9 Å². The fourth-order valence-corrected chi connectivity index (χ4v) is 3.53. The van der Waals surface area contributed by atoms with E-state index < -0.39 is 0 Å². The van der Waals surface area contributed by atoms with Gasteiger partial charge in [0.1, 0.15) is 5.58 Å². The molecule has 0 aliphatic heterocycles. The second-order valence-electron chi connectivity index (χ2n) is 6.85. The van der Waals surface area contributed by atoms with Crippen LogP contribution in [0.1, 0.15) is 62.1 Å². The van der Waals surface area contributed by atoms with E-state index in [-0.39, 0.29) is 5.91 Å². The van der Waals surface area contributed by atoms with Gasteiger partial charge in [0.05, 0.1) is 12.7 Å². The van der Waals surface area contributed by atoms with Crippen LogP contribution in [0.2, 0.25) is 0 Å². The molecule has 1 fully saturated rings. The van der Waals surface area contributed by atoms with Gasteiger partial charge in [0.2, 0.25) is 5.91 Å². The summed E-state index contributed by atoms with van der Waals surface area (Å²) in [6.07, 6.45) is 6.85. The summed E-state index contributed by atoms with van der Waals surface area (Å²) in [6.45, 7) is 6.51. The zero-order chi connectivity index (χ0) is 15.7. The van der Waals surface area contributed by atoms with Crippen molar-refractivity contribution in [3.8, 4) is 0 Å². The van der Waals surface area contributed by atoms with Crippen LogP contribution in [0, 0.1) is 6.92 Å². The highest BCUT2D eigenvalue weighted by Crippen LogP contribution is 2.29. The first-order chi connectivity index (χ1) is 10.5. The zero-order valence-electron chi connectivity index (χ0n) is 13.7. The molecule has 1 aromatic heterocycles. The molecule has 0 spiro atoms. The number of furan rings is 1. The number of carbonyl (C=O) groups excluding carboxylic acids is 1. The van der Waals surface area contributed by atoms with E-state index in [1.165, 1.54) is 24.0 Å².